The molecule has 0 unspecified atom stereocenters. The van der Waals surface area contributed by atoms with E-state index in [1.165, 1.54) is 18.4 Å². The molecule has 25 heavy (non-hydrogen) atoms. The van der Waals surface area contributed by atoms with Crippen molar-refractivity contribution in [2.75, 3.05) is 13.7 Å². The van der Waals surface area contributed by atoms with E-state index in [1.54, 1.807) is 7.11 Å². The molecule has 0 aliphatic rings. The SMILES string of the molecule is COCCCCCCc1nc2cc(-c3c(C)noc3C)ccc2n1C. The lowest BCUT2D eigenvalue weighted by Crippen LogP contribution is -1.98. The highest BCUT2D eigenvalue weighted by molar-refractivity contribution is 5.83. The van der Waals surface area contributed by atoms with Gasteiger partial charge in [-0.2, -0.15) is 0 Å². The molecule has 5 heteroatoms. The predicted octanol–water partition coefficient (Wildman–Crippen LogP) is 4.59. The zero-order chi connectivity index (χ0) is 17.8. The van der Waals surface area contributed by atoms with Crippen LogP contribution in [-0.2, 0) is 18.2 Å². The Morgan fingerprint density at radius 2 is 1.92 bits per heavy atom. The molecular formula is C20H27N3O2. The van der Waals surface area contributed by atoms with Crippen LogP contribution in [0, 0.1) is 13.8 Å². The summed E-state index contributed by atoms with van der Waals surface area (Å²) in [4.78, 5) is 4.86. The Hall–Kier alpha value is -2.14. The second-order valence-electron chi connectivity index (χ2n) is 6.65. The number of aromatic nitrogens is 3. The van der Waals surface area contributed by atoms with Crippen molar-refractivity contribution in [3.63, 3.8) is 0 Å². The highest BCUT2D eigenvalue weighted by atomic mass is 16.5. The van der Waals surface area contributed by atoms with E-state index in [2.05, 4.69) is 35.0 Å². The molecule has 0 saturated carbocycles. The molecule has 0 radical (unpaired) electrons. The van der Waals surface area contributed by atoms with Gasteiger partial charge in [0.25, 0.3) is 0 Å². The van der Waals surface area contributed by atoms with Crippen LogP contribution in [0.5, 0.6) is 0 Å². The average Bonchev–Trinajstić information content (AvgIpc) is 3.10. The monoisotopic (exact) mass is 341 g/mol. The van der Waals surface area contributed by atoms with E-state index >= 15 is 0 Å². The summed E-state index contributed by atoms with van der Waals surface area (Å²) in [6.07, 6.45) is 5.75. The summed E-state index contributed by atoms with van der Waals surface area (Å²) in [5.74, 6) is 2.00. The molecule has 3 rings (SSSR count). The normalized spacial score (nSPS) is 11.5. The van der Waals surface area contributed by atoms with Crippen molar-refractivity contribution >= 4 is 11.0 Å². The molecule has 0 fully saturated rings. The maximum absolute atomic E-state index is 5.30. The van der Waals surface area contributed by atoms with E-state index < -0.39 is 0 Å². The van der Waals surface area contributed by atoms with Gasteiger partial charge in [0.2, 0.25) is 0 Å². The number of unbranched alkanes of at least 4 members (excludes halogenated alkanes) is 3. The highest BCUT2D eigenvalue weighted by Crippen LogP contribution is 2.29. The summed E-state index contributed by atoms with van der Waals surface area (Å²) < 4.78 is 12.6. The van der Waals surface area contributed by atoms with Gasteiger partial charge in [-0.1, -0.05) is 24.1 Å². The van der Waals surface area contributed by atoms with Crippen LogP contribution in [0.2, 0.25) is 0 Å². The number of hydrogen-bond donors (Lipinski definition) is 0. The fourth-order valence-corrected chi connectivity index (χ4v) is 3.41. The molecule has 0 amide bonds. The molecule has 0 bridgehead atoms. The van der Waals surface area contributed by atoms with Crippen LogP contribution in [0.1, 0.15) is 43.0 Å². The molecule has 2 heterocycles. The molecule has 1 aromatic carbocycles. The lowest BCUT2D eigenvalue weighted by Gasteiger charge is -2.03. The molecule has 0 saturated heterocycles. The van der Waals surface area contributed by atoms with Crippen molar-refractivity contribution in [1.29, 1.82) is 0 Å². The van der Waals surface area contributed by atoms with Crippen molar-refractivity contribution in [2.24, 2.45) is 7.05 Å². The van der Waals surface area contributed by atoms with Gasteiger partial charge in [0, 0.05) is 32.7 Å². The number of ether oxygens (including phenoxy) is 1. The van der Waals surface area contributed by atoms with Crippen LogP contribution in [0.3, 0.4) is 0 Å². The van der Waals surface area contributed by atoms with Gasteiger partial charge in [0.1, 0.15) is 11.6 Å². The summed E-state index contributed by atoms with van der Waals surface area (Å²) in [6.45, 7) is 4.78. The van der Waals surface area contributed by atoms with Gasteiger partial charge in [-0.15, -0.1) is 0 Å². The standard InChI is InChI=1S/C20H27N3O2/c1-14-20(15(2)25-22-14)16-10-11-18-17(13-16)21-19(23(18)3)9-7-5-6-8-12-24-4/h10-11,13H,5-9,12H2,1-4H3. The summed E-state index contributed by atoms with van der Waals surface area (Å²) in [5.41, 5.74) is 5.32. The molecule has 134 valence electrons. The molecule has 0 N–H and O–H groups in total. The Balaban J connectivity index is 1.75. The first kappa shape index (κ1) is 17.7. The molecule has 3 aromatic rings. The number of nitrogens with zero attached hydrogens (tertiary/aromatic N) is 3. The summed E-state index contributed by atoms with van der Waals surface area (Å²) >= 11 is 0. The minimum absolute atomic E-state index is 0.851. The van der Waals surface area contributed by atoms with Gasteiger partial charge in [-0.3, -0.25) is 0 Å². The van der Waals surface area contributed by atoms with Gasteiger partial charge in [0.15, 0.2) is 0 Å². The highest BCUT2D eigenvalue weighted by Gasteiger charge is 2.14. The first-order valence-electron chi connectivity index (χ1n) is 8.99. The first-order valence-corrected chi connectivity index (χ1v) is 8.99. The smallest absolute Gasteiger partial charge is 0.141 e. The summed E-state index contributed by atoms with van der Waals surface area (Å²) in [7, 11) is 3.86. The maximum Gasteiger partial charge on any atom is 0.141 e. The second-order valence-corrected chi connectivity index (χ2v) is 6.65. The van der Waals surface area contributed by atoms with Gasteiger partial charge in [0.05, 0.1) is 16.7 Å². The third-order valence-corrected chi connectivity index (χ3v) is 4.79. The Bertz CT molecular complexity index is 829. The van der Waals surface area contributed by atoms with Crippen LogP contribution in [-0.4, -0.2) is 28.4 Å². The Morgan fingerprint density at radius 1 is 1.12 bits per heavy atom. The molecule has 0 spiro atoms. The number of hydrogen-bond acceptors (Lipinski definition) is 4. The van der Waals surface area contributed by atoms with E-state index in [-0.39, 0.29) is 0 Å². The zero-order valence-electron chi connectivity index (χ0n) is 15.6. The third-order valence-electron chi connectivity index (χ3n) is 4.79. The van der Waals surface area contributed by atoms with Gasteiger partial charge in [-0.25, -0.2) is 4.98 Å². The molecule has 2 aromatic heterocycles. The second kappa shape index (κ2) is 7.83. The van der Waals surface area contributed by atoms with E-state index in [4.69, 9.17) is 14.2 Å². The number of aryl methyl sites for hydroxylation is 4. The van der Waals surface area contributed by atoms with Crippen LogP contribution in [0.15, 0.2) is 22.7 Å². The largest absolute Gasteiger partial charge is 0.385 e. The third kappa shape index (κ3) is 3.76. The van der Waals surface area contributed by atoms with E-state index in [0.717, 1.165) is 59.8 Å². The number of rotatable bonds is 8. The predicted molar refractivity (Wildman–Crippen MR) is 99.7 cm³/mol. The minimum atomic E-state index is 0.851. The Kier molecular flexibility index (Phi) is 5.53. The average molecular weight is 341 g/mol. The van der Waals surface area contributed by atoms with Crippen LogP contribution < -0.4 is 0 Å². The molecule has 0 aliphatic heterocycles. The van der Waals surface area contributed by atoms with Gasteiger partial charge < -0.3 is 13.8 Å². The van der Waals surface area contributed by atoms with Crippen molar-refractivity contribution in [1.82, 2.24) is 14.7 Å². The minimum Gasteiger partial charge on any atom is -0.385 e. The fraction of sp³-hybridized carbons (Fsp3) is 0.500. The maximum atomic E-state index is 5.30. The first-order chi connectivity index (χ1) is 12.1. The lowest BCUT2D eigenvalue weighted by molar-refractivity contribution is 0.192. The van der Waals surface area contributed by atoms with Crippen molar-refractivity contribution < 1.29 is 9.26 Å². The molecule has 0 aliphatic carbocycles. The van der Waals surface area contributed by atoms with Crippen molar-refractivity contribution in [2.45, 2.75) is 46.0 Å². The number of fused-ring (bicyclic) bond motifs is 1. The molecular weight excluding hydrogens is 314 g/mol. The summed E-state index contributed by atoms with van der Waals surface area (Å²) in [6, 6.07) is 6.42. The van der Waals surface area contributed by atoms with Crippen LogP contribution >= 0.6 is 0 Å². The fourth-order valence-electron chi connectivity index (χ4n) is 3.41. The molecule has 0 atom stereocenters. The number of imidazole rings is 1. The Morgan fingerprint density at radius 3 is 2.64 bits per heavy atom. The quantitative estimate of drug-likeness (QED) is 0.562. The topological polar surface area (TPSA) is 53.1 Å². The van der Waals surface area contributed by atoms with Crippen LogP contribution in [0.25, 0.3) is 22.2 Å². The van der Waals surface area contributed by atoms with E-state index in [0.29, 0.717) is 0 Å². The van der Waals surface area contributed by atoms with Crippen molar-refractivity contribution in [3.05, 3.63) is 35.5 Å². The number of benzene rings is 1. The lowest BCUT2D eigenvalue weighted by atomic mass is 10.0. The number of methoxy groups -OCH3 is 1. The van der Waals surface area contributed by atoms with Gasteiger partial charge >= 0.3 is 0 Å². The van der Waals surface area contributed by atoms with Gasteiger partial charge in [-0.05, 0) is 44.4 Å². The van der Waals surface area contributed by atoms with E-state index in [9.17, 15) is 0 Å². The Labute approximate surface area is 149 Å². The summed E-state index contributed by atoms with van der Waals surface area (Å²) in [5, 5.41) is 4.06. The van der Waals surface area contributed by atoms with Crippen LogP contribution in [0.4, 0.5) is 0 Å². The van der Waals surface area contributed by atoms with Crippen molar-refractivity contribution in [3.8, 4) is 11.1 Å². The zero-order valence-corrected chi connectivity index (χ0v) is 15.6. The molecule has 5 nitrogen and oxygen atoms in total. The van der Waals surface area contributed by atoms with E-state index in [1.807, 2.05) is 13.8 Å².